The van der Waals surface area contributed by atoms with Crippen molar-refractivity contribution in [3.63, 3.8) is 0 Å². The molecule has 0 amide bonds. The van der Waals surface area contributed by atoms with E-state index in [1.165, 1.54) is 24.3 Å². The molecule has 0 fully saturated rings. The van der Waals surface area contributed by atoms with E-state index in [4.69, 9.17) is 11.6 Å². The minimum Gasteiger partial charge on any atom is -0.507 e. The quantitative estimate of drug-likeness (QED) is 0.135. The largest absolute Gasteiger partial charge is 0.507 e. The Morgan fingerprint density at radius 3 is 2.00 bits per heavy atom. The van der Waals surface area contributed by atoms with Gasteiger partial charge < -0.3 is 15.7 Å². The van der Waals surface area contributed by atoms with Crippen LogP contribution in [-0.2, 0) is 30.9 Å². The molecule has 14 nitrogen and oxygen atoms in total. The fraction of sp³-hybridized carbons (Fsp3) is 0. The summed E-state index contributed by atoms with van der Waals surface area (Å²) >= 11 is 5.97. The number of nitrogens with zero attached hydrogens (tertiary/aromatic N) is 3. The second kappa shape index (κ2) is 9.69. The first-order valence-corrected chi connectivity index (χ1v) is 14.1. The van der Waals surface area contributed by atoms with Crippen LogP contribution >= 0.6 is 11.6 Å². The van der Waals surface area contributed by atoms with Gasteiger partial charge in [0.05, 0.1) is 20.4 Å². The Hall–Kier alpha value is -3.61. The van der Waals surface area contributed by atoms with Crippen molar-refractivity contribution in [2.75, 3.05) is 10.6 Å². The Bertz CT molecular complexity index is 1850. The van der Waals surface area contributed by atoms with Crippen molar-refractivity contribution in [1.29, 1.82) is 0 Å². The maximum Gasteiger partial charge on any atom is 0.294 e. The molecule has 3 aromatic carbocycles. The van der Waals surface area contributed by atoms with Gasteiger partial charge in [-0.2, -0.15) is 31.8 Å². The Labute approximate surface area is 215 Å². The van der Waals surface area contributed by atoms with E-state index in [1.54, 1.807) is 0 Å². The first-order chi connectivity index (χ1) is 17.2. The number of aromatic nitrogens is 3. The smallest absolute Gasteiger partial charge is 0.294 e. The molecule has 194 valence electrons. The third kappa shape index (κ3) is 6.04. The molecule has 0 saturated carbocycles. The summed E-state index contributed by atoms with van der Waals surface area (Å²) in [5.41, 5.74) is 0.0993. The molecule has 0 spiro atoms. The van der Waals surface area contributed by atoms with Crippen LogP contribution in [-0.4, -0.2) is 54.4 Å². The average molecular weight is 588 g/mol. The number of aromatic hydroxyl groups is 1. The van der Waals surface area contributed by atoms with Crippen molar-refractivity contribution >= 4 is 76.6 Å². The first kappa shape index (κ1) is 26.5. The number of phenolic OH excluding ortho intramolecular Hbond substituents is 1. The zero-order valence-corrected chi connectivity index (χ0v) is 21.2. The highest BCUT2D eigenvalue weighted by atomic mass is 35.5. The lowest BCUT2D eigenvalue weighted by Gasteiger charge is -2.14. The van der Waals surface area contributed by atoms with Gasteiger partial charge in [0.15, 0.2) is 10.7 Å². The van der Waals surface area contributed by atoms with Crippen LogP contribution < -0.4 is 10.6 Å². The average Bonchev–Trinajstić information content (AvgIpc) is 2.77. The minimum atomic E-state index is -4.81. The number of anilines is 4. The number of hydrogen-bond acceptors (Lipinski definition) is 12. The van der Waals surface area contributed by atoms with Crippen molar-refractivity contribution in [3.8, 4) is 5.75 Å². The van der Waals surface area contributed by atoms with Gasteiger partial charge in [0.1, 0.15) is 5.75 Å². The number of nitrogens with one attached hydrogen (secondary N) is 2. The van der Waals surface area contributed by atoms with Gasteiger partial charge in [0, 0.05) is 17.1 Å². The van der Waals surface area contributed by atoms with Crippen LogP contribution in [0.2, 0.25) is 5.28 Å². The van der Waals surface area contributed by atoms with Gasteiger partial charge in [-0.1, -0.05) is 6.07 Å². The molecule has 0 saturated heterocycles. The zero-order valence-electron chi connectivity index (χ0n) is 17.9. The van der Waals surface area contributed by atoms with Crippen LogP contribution in [0.25, 0.3) is 10.8 Å². The number of thiol groups is 1. The van der Waals surface area contributed by atoms with Gasteiger partial charge in [-0.25, -0.2) is 8.42 Å². The van der Waals surface area contributed by atoms with Gasteiger partial charge in [-0.05, 0) is 53.4 Å². The Morgan fingerprint density at radius 1 is 0.811 bits per heavy atom. The van der Waals surface area contributed by atoms with E-state index >= 15 is 0 Å². The normalized spacial score (nSPS) is 12.1. The lowest BCUT2D eigenvalue weighted by Crippen LogP contribution is -2.06. The zero-order chi connectivity index (χ0) is 27.1. The van der Waals surface area contributed by atoms with Crippen LogP contribution in [0.4, 0.5) is 23.3 Å². The van der Waals surface area contributed by atoms with Gasteiger partial charge in [0.25, 0.3) is 20.2 Å². The number of fused-ring (bicyclic) bond motifs is 1. The molecule has 0 aliphatic rings. The minimum absolute atomic E-state index is 0.0201. The van der Waals surface area contributed by atoms with Gasteiger partial charge in [-0.15, -0.1) is 0 Å². The van der Waals surface area contributed by atoms with E-state index < -0.39 is 46.5 Å². The predicted octanol–water partition coefficient (Wildman–Crippen LogP) is 2.33. The van der Waals surface area contributed by atoms with Gasteiger partial charge >= 0.3 is 0 Å². The molecule has 4 aromatic rings. The van der Waals surface area contributed by atoms with Gasteiger partial charge in [-0.3, -0.25) is 9.11 Å². The van der Waals surface area contributed by atoms with Crippen molar-refractivity contribution in [2.24, 2.45) is 0 Å². The highest BCUT2D eigenvalue weighted by Gasteiger charge is 2.20. The third-order valence-corrected chi connectivity index (χ3v) is 7.27. The molecule has 0 bridgehead atoms. The molecule has 4 rings (SSSR count). The molecular weight excluding hydrogens is 574 g/mol. The van der Waals surface area contributed by atoms with E-state index in [9.17, 15) is 39.5 Å². The summed E-state index contributed by atoms with van der Waals surface area (Å²) in [6.07, 6.45) is 0. The number of hydrogen-bond donors (Lipinski definition) is 6. The first-order valence-electron chi connectivity index (χ1n) is 9.66. The summed E-state index contributed by atoms with van der Waals surface area (Å²) in [5.74, 6) is -1.09. The SMILES string of the molecule is O=[SH](=O)c1cccc(Nc2nc(Cl)nc(Nc3cc(S(=O)(=O)O)cc4cc(S(=O)(=O)O)cc(O)c34)n2)c1. The van der Waals surface area contributed by atoms with Crippen molar-refractivity contribution in [3.05, 3.63) is 53.8 Å². The summed E-state index contributed by atoms with van der Waals surface area (Å²) < 4.78 is 88.1. The molecular formula is C19H14ClN5O9S3. The fourth-order valence-electron chi connectivity index (χ4n) is 3.24. The number of rotatable bonds is 7. The van der Waals surface area contributed by atoms with Gasteiger partial charge in [0.2, 0.25) is 17.2 Å². The summed E-state index contributed by atoms with van der Waals surface area (Å²) in [7, 11) is -12.4. The Kier molecular flexibility index (Phi) is 6.93. The van der Waals surface area contributed by atoms with Crippen molar-refractivity contribution in [1.82, 2.24) is 15.0 Å². The Morgan fingerprint density at radius 2 is 1.41 bits per heavy atom. The lowest BCUT2D eigenvalue weighted by molar-refractivity contribution is 0.471. The fourth-order valence-corrected chi connectivity index (χ4v) is 4.94. The van der Waals surface area contributed by atoms with Crippen LogP contribution in [0, 0.1) is 0 Å². The molecule has 0 aliphatic heterocycles. The topological polar surface area (TPSA) is 226 Å². The van der Waals surface area contributed by atoms with Crippen LogP contribution in [0.1, 0.15) is 0 Å². The van der Waals surface area contributed by atoms with Crippen molar-refractivity contribution in [2.45, 2.75) is 14.7 Å². The molecule has 1 aromatic heterocycles. The number of benzene rings is 3. The summed E-state index contributed by atoms with van der Waals surface area (Å²) in [6, 6.07) is 9.10. The maximum absolute atomic E-state index is 11.8. The van der Waals surface area contributed by atoms with E-state index in [1.807, 2.05) is 0 Å². The molecule has 0 unspecified atom stereocenters. The monoisotopic (exact) mass is 587 g/mol. The Balaban J connectivity index is 1.82. The van der Waals surface area contributed by atoms with Crippen molar-refractivity contribution < 1.29 is 39.5 Å². The second-order valence-electron chi connectivity index (χ2n) is 7.27. The maximum atomic E-state index is 11.8. The van der Waals surface area contributed by atoms with Crippen LogP contribution in [0.3, 0.4) is 0 Å². The number of phenols is 1. The lowest BCUT2D eigenvalue weighted by atomic mass is 10.1. The van der Waals surface area contributed by atoms with E-state index in [0.29, 0.717) is 5.69 Å². The highest BCUT2D eigenvalue weighted by molar-refractivity contribution is 7.86. The predicted molar refractivity (Wildman–Crippen MR) is 132 cm³/mol. The molecule has 18 heteroatoms. The summed E-state index contributed by atoms with van der Waals surface area (Å²) in [5, 5.41) is 15.2. The number of halogens is 1. The molecule has 0 radical (unpaired) electrons. The standard InChI is InChI=1S/C19H14ClN5O9S3/c20-17-23-18(21-10-2-1-3-11(6-10)35(27)28)25-19(24-17)22-14-7-12(36(29,30)31)4-9-5-13(37(32,33)34)8-15(26)16(9)14/h1-8,26,35H,(H,29,30,31)(H,32,33,34)(H2,21,22,23,24,25). The molecule has 0 atom stereocenters. The van der Waals surface area contributed by atoms with Crippen LogP contribution in [0.5, 0.6) is 5.75 Å². The third-order valence-electron chi connectivity index (χ3n) is 4.74. The van der Waals surface area contributed by atoms with E-state index in [2.05, 4.69) is 25.6 Å². The summed E-state index contributed by atoms with van der Waals surface area (Å²) in [6.45, 7) is 0. The van der Waals surface area contributed by atoms with Crippen LogP contribution in [0.15, 0.2) is 63.2 Å². The molecule has 5 N–H and O–H groups in total. The second-order valence-corrected chi connectivity index (χ2v) is 11.5. The molecule has 0 aliphatic carbocycles. The summed E-state index contributed by atoms with van der Waals surface area (Å²) in [4.78, 5) is 10.4. The molecule has 37 heavy (non-hydrogen) atoms. The van der Waals surface area contributed by atoms with E-state index in [0.717, 1.165) is 24.3 Å². The highest BCUT2D eigenvalue weighted by Crippen LogP contribution is 2.37. The molecule has 1 heterocycles. The van der Waals surface area contributed by atoms with E-state index in [-0.39, 0.29) is 38.5 Å².